The van der Waals surface area contributed by atoms with E-state index in [9.17, 15) is 14.7 Å². The van der Waals surface area contributed by atoms with E-state index in [-0.39, 0.29) is 25.1 Å². The quantitative estimate of drug-likeness (QED) is 0.0597. The Morgan fingerprint density at radius 2 is 1.21 bits per heavy atom. The molecule has 28 heavy (non-hydrogen) atoms. The first-order chi connectivity index (χ1) is 13.1. The van der Waals surface area contributed by atoms with Crippen molar-refractivity contribution >= 4 is 23.9 Å². The monoisotopic (exact) mass is 404 g/mol. The molecular weight excluding hydrogens is 372 g/mol. The van der Waals surface area contributed by atoms with Crippen LogP contribution in [0.4, 0.5) is 0 Å². The molecule has 0 radical (unpaired) electrons. The van der Waals surface area contributed by atoms with Crippen molar-refractivity contribution in [2.24, 2.45) is 22.9 Å². The van der Waals surface area contributed by atoms with Crippen LogP contribution >= 0.6 is 0 Å². The number of ether oxygens (including phenoxy) is 2. The van der Waals surface area contributed by atoms with Crippen molar-refractivity contribution in [3.05, 3.63) is 0 Å². The van der Waals surface area contributed by atoms with Crippen molar-refractivity contribution in [3.63, 3.8) is 0 Å². The van der Waals surface area contributed by atoms with Crippen molar-refractivity contribution in [2.75, 3.05) is 26.3 Å². The molecular formula is C15H32N8O5. The Balaban J connectivity index is 3.90. The van der Waals surface area contributed by atoms with E-state index in [0.29, 0.717) is 38.8 Å². The highest BCUT2D eigenvalue weighted by Gasteiger charge is 2.19. The van der Waals surface area contributed by atoms with Crippen molar-refractivity contribution in [3.8, 4) is 0 Å². The molecule has 13 heteroatoms. The Morgan fingerprint density at radius 3 is 1.54 bits per heavy atom. The molecule has 2 atom stereocenters. The van der Waals surface area contributed by atoms with Crippen LogP contribution in [0.5, 0.6) is 0 Å². The van der Waals surface area contributed by atoms with Gasteiger partial charge in [-0.2, -0.15) is 0 Å². The molecule has 13 nitrogen and oxygen atoms in total. The Bertz CT molecular complexity index is 475. The Kier molecular flexibility index (Phi) is 13.1. The van der Waals surface area contributed by atoms with Crippen molar-refractivity contribution in [2.45, 2.75) is 43.9 Å². The fourth-order valence-corrected chi connectivity index (χ4v) is 1.94. The number of aliphatic hydroxyl groups excluding tert-OH is 1. The van der Waals surface area contributed by atoms with Gasteiger partial charge in [0.2, 0.25) is 0 Å². The Morgan fingerprint density at radius 1 is 0.857 bits per heavy atom. The zero-order valence-corrected chi connectivity index (χ0v) is 15.8. The van der Waals surface area contributed by atoms with Gasteiger partial charge in [0, 0.05) is 13.1 Å². The molecule has 13 N–H and O–H groups in total. The van der Waals surface area contributed by atoms with E-state index < -0.39 is 30.1 Å². The maximum absolute atomic E-state index is 11.7. The fraction of sp³-hybridized carbons (Fsp3) is 0.733. The molecule has 2 unspecified atom stereocenters. The van der Waals surface area contributed by atoms with Gasteiger partial charge in [0.15, 0.2) is 11.9 Å². The number of nitrogens with two attached hydrogens (primary N) is 4. The second-order valence-electron chi connectivity index (χ2n) is 6.09. The first-order valence-electron chi connectivity index (χ1n) is 8.81. The van der Waals surface area contributed by atoms with Gasteiger partial charge < -0.3 is 48.1 Å². The first-order valence-corrected chi connectivity index (χ1v) is 8.81. The highest BCUT2D eigenvalue weighted by atomic mass is 16.6. The summed E-state index contributed by atoms with van der Waals surface area (Å²) in [6.07, 6.45) is 0.451. The molecule has 0 fully saturated rings. The number of aliphatic hydroxyl groups is 1. The lowest BCUT2D eigenvalue weighted by Gasteiger charge is -2.16. The maximum atomic E-state index is 11.7. The second-order valence-corrected chi connectivity index (χ2v) is 6.09. The van der Waals surface area contributed by atoms with E-state index in [2.05, 4.69) is 10.6 Å². The topological polar surface area (TPSA) is 249 Å². The Labute approximate surface area is 163 Å². The molecule has 0 spiro atoms. The number of hydrogen-bond acceptors (Lipinski definition) is 9. The number of rotatable bonds is 14. The Hall–Kier alpha value is -2.64. The molecule has 0 heterocycles. The normalized spacial score (nSPS) is 13.7. The van der Waals surface area contributed by atoms with E-state index in [0.717, 1.165) is 0 Å². The standard InChI is InChI=1S/C15H32N8O5/c16-10(3-1-5-22-14(18)19)12(25)27-7-9(24)8-28-13(26)11(17)4-2-6-23-15(20)21/h9-11,24H,1-8,16-17H2,(H4,18,19,22)(H4,20,21,23). The van der Waals surface area contributed by atoms with E-state index in [1.165, 1.54) is 0 Å². The number of carbonyl (C=O) groups excluding carboxylic acids is 2. The predicted octanol–water partition coefficient (Wildman–Crippen LogP) is -3.39. The van der Waals surface area contributed by atoms with E-state index in [4.69, 9.17) is 43.2 Å². The third-order valence-corrected chi connectivity index (χ3v) is 3.46. The van der Waals surface area contributed by atoms with Crippen LogP contribution in [0.2, 0.25) is 0 Å². The molecule has 0 aromatic carbocycles. The van der Waals surface area contributed by atoms with Gasteiger partial charge in [-0.05, 0) is 25.7 Å². The molecule has 0 aliphatic carbocycles. The van der Waals surface area contributed by atoms with E-state index in [1.54, 1.807) is 0 Å². The fourth-order valence-electron chi connectivity index (χ4n) is 1.94. The summed E-state index contributed by atoms with van der Waals surface area (Å²) in [6, 6.07) is -1.75. The van der Waals surface area contributed by atoms with Crippen LogP contribution in [0.25, 0.3) is 0 Å². The highest BCUT2D eigenvalue weighted by molar-refractivity contribution is 5.76. The summed E-state index contributed by atoms with van der Waals surface area (Å²) in [5.74, 6) is -1.71. The van der Waals surface area contributed by atoms with Gasteiger partial charge in [0.1, 0.15) is 31.4 Å². The average Bonchev–Trinajstić information content (AvgIpc) is 2.63. The lowest BCUT2D eigenvalue weighted by atomic mass is 10.1. The summed E-state index contributed by atoms with van der Waals surface area (Å²) < 4.78 is 9.75. The molecule has 0 saturated heterocycles. The number of nitrogens with one attached hydrogen (secondary N) is 4. The molecule has 0 rings (SSSR count). The zero-order valence-electron chi connectivity index (χ0n) is 15.8. The van der Waals surface area contributed by atoms with Gasteiger partial charge in [-0.15, -0.1) is 0 Å². The second kappa shape index (κ2) is 14.4. The van der Waals surface area contributed by atoms with Gasteiger partial charge in [0.25, 0.3) is 0 Å². The molecule has 0 aromatic rings. The zero-order chi connectivity index (χ0) is 21.5. The first kappa shape index (κ1) is 25.4. The minimum atomic E-state index is -1.20. The van der Waals surface area contributed by atoms with Gasteiger partial charge >= 0.3 is 11.9 Å². The van der Waals surface area contributed by atoms with Crippen LogP contribution in [0.15, 0.2) is 0 Å². The third-order valence-electron chi connectivity index (χ3n) is 3.46. The van der Waals surface area contributed by atoms with Crippen LogP contribution in [-0.2, 0) is 19.1 Å². The van der Waals surface area contributed by atoms with Crippen LogP contribution in [0, 0.1) is 10.8 Å². The molecule has 0 amide bonds. The van der Waals surface area contributed by atoms with Crippen molar-refractivity contribution in [1.82, 2.24) is 10.6 Å². The van der Waals surface area contributed by atoms with Crippen LogP contribution in [-0.4, -0.2) is 73.5 Å². The largest absolute Gasteiger partial charge is 0.462 e. The number of carbonyl (C=O) groups is 2. The predicted molar refractivity (Wildman–Crippen MR) is 102 cm³/mol. The summed E-state index contributed by atoms with van der Waals surface area (Å²) in [5, 5.41) is 28.9. The molecule has 0 bridgehead atoms. The number of esters is 2. The number of hydrogen-bond donors (Lipinski definition) is 9. The summed E-state index contributed by atoms with van der Waals surface area (Å²) in [5.41, 5.74) is 21.6. The number of guanidine groups is 2. The minimum Gasteiger partial charge on any atom is -0.462 e. The highest BCUT2D eigenvalue weighted by Crippen LogP contribution is 2.00. The summed E-state index contributed by atoms with van der Waals surface area (Å²) in [4.78, 5) is 23.4. The van der Waals surface area contributed by atoms with Crippen molar-refractivity contribution in [1.29, 1.82) is 10.8 Å². The van der Waals surface area contributed by atoms with Gasteiger partial charge in [-0.25, -0.2) is 0 Å². The summed E-state index contributed by atoms with van der Waals surface area (Å²) >= 11 is 0. The summed E-state index contributed by atoms with van der Waals surface area (Å²) in [7, 11) is 0. The average molecular weight is 404 g/mol. The van der Waals surface area contributed by atoms with Crippen LogP contribution in [0.3, 0.4) is 0 Å². The van der Waals surface area contributed by atoms with E-state index in [1.807, 2.05) is 0 Å². The third kappa shape index (κ3) is 13.5. The van der Waals surface area contributed by atoms with Gasteiger partial charge in [0.05, 0.1) is 0 Å². The molecule has 0 saturated carbocycles. The van der Waals surface area contributed by atoms with Gasteiger partial charge in [-0.3, -0.25) is 20.4 Å². The molecule has 0 aliphatic rings. The molecule has 0 aromatic heterocycles. The smallest absolute Gasteiger partial charge is 0.323 e. The molecule has 162 valence electrons. The van der Waals surface area contributed by atoms with Crippen LogP contribution < -0.4 is 33.6 Å². The van der Waals surface area contributed by atoms with Crippen LogP contribution in [0.1, 0.15) is 25.7 Å². The lowest BCUT2D eigenvalue weighted by Crippen LogP contribution is -2.38. The van der Waals surface area contributed by atoms with E-state index >= 15 is 0 Å². The maximum Gasteiger partial charge on any atom is 0.323 e. The minimum absolute atomic E-state index is 0.165. The SMILES string of the molecule is N=C(N)NCCCC(N)C(=O)OCC(O)COC(=O)C(N)CCCNC(=N)N. The summed E-state index contributed by atoms with van der Waals surface area (Å²) in [6.45, 7) is 0.0620. The van der Waals surface area contributed by atoms with Crippen molar-refractivity contribution < 1.29 is 24.2 Å². The van der Waals surface area contributed by atoms with Gasteiger partial charge in [-0.1, -0.05) is 0 Å². The molecule has 0 aliphatic heterocycles. The lowest BCUT2D eigenvalue weighted by molar-refractivity contribution is -0.154.